The summed E-state index contributed by atoms with van der Waals surface area (Å²) < 4.78 is 0. The van der Waals surface area contributed by atoms with Gasteiger partial charge in [-0.1, -0.05) is 43.3 Å². The van der Waals surface area contributed by atoms with Crippen molar-refractivity contribution in [1.29, 1.82) is 0 Å². The Morgan fingerprint density at radius 2 is 1.80 bits per heavy atom. The first kappa shape index (κ1) is 26.7. The number of phenols is 1. The highest BCUT2D eigenvalue weighted by Crippen LogP contribution is 2.53. The number of nitrogens with one attached hydrogen (secondary N) is 1. The highest BCUT2D eigenvalue weighted by Gasteiger charge is 2.57. The first-order chi connectivity index (χ1) is 19.5. The van der Waals surface area contributed by atoms with Gasteiger partial charge >= 0.3 is 0 Å². The summed E-state index contributed by atoms with van der Waals surface area (Å²) in [4.78, 5) is 43.8. The number of aliphatic hydroxyl groups is 2. The molecule has 10 N–H and O–H groups in total. The van der Waals surface area contributed by atoms with Crippen molar-refractivity contribution < 1.29 is 29.7 Å². The molecule has 6 atom stereocenters. The smallest absolute Gasteiger partial charge is 0.255 e. The fourth-order valence-electron chi connectivity index (χ4n) is 6.46. The van der Waals surface area contributed by atoms with Gasteiger partial charge in [-0.3, -0.25) is 14.4 Å². The molecule has 3 unspecified atom stereocenters. The van der Waals surface area contributed by atoms with E-state index in [0.29, 0.717) is 10.7 Å². The number of anilines is 2. The summed E-state index contributed by atoms with van der Waals surface area (Å²) in [7, 11) is 0. The van der Waals surface area contributed by atoms with Crippen molar-refractivity contribution in [3.8, 4) is 17.0 Å². The molecule has 0 bridgehead atoms. The normalized spacial score (nSPS) is 27.3. The molecule has 12 heteroatoms. The maximum atomic E-state index is 14.0. The van der Waals surface area contributed by atoms with Crippen LogP contribution in [0.1, 0.15) is 28.8 Å². The van der Waals surface area contributed by atoms with Gasteiger partial charge in [0.05, 0.1) is 35.0 Å². The molecule has 0 fully saturated rings. The lowest BCUT2D eigenvalue weighted by atomic mass is 9.57. The number of Topliss-reactive ketones (excluding diaryl/α,β-unsaturated/α-hetero) is 2. The quantitative estimate of drug-likeness (QED) is 0.178. The number of benzene rings is 2. The highest BCUT2D eigenvalue weighted by molar-refractivity contribution is 7.14. The predicted molar refractivity (Wildman–Crippen MR) is 151 cm³/mol. The molecule has 1 heterocycles. The molecule has 41 heavy (non-hydrogen) atoms. The molecule has 6 rings (SSSR count). The van der Waals surface area contributed by atoms with E-state index in [0.717, 1.165) is 11.3 Å². The highest BCUT2D eigenvalue weighted by atomic mass is 32.1. The van der Waals surface area contributed by atoms with E-state index in [1.807, 2.05) is 35.7 Å². The van der Waals surface area contributed by atoms with Crippen LogP contribution < -0.4 is 22.5 Å². The van der Waals surface area contributed by atoms with Gasteiger partial charge in [-0.25, -0.2) is 4.98 Å². The van der Waals surface area contributed by atoms with Gasteiger partial charge in [-0.2, -0.15) is 0 Å². The van der Waals surface area contributed by atoms with Crippen LogP contribution in [0.15, 0.2) is 70.4 Å². The lowest BCUT2D eigenvalue weighted by Crippen LogP contribution is -2.59. The van der Waals surface area contributed by atoms with Crippen LogP contribution in [0.4, 0.5) is 10.8 Å². The number of aromatic hydroxyl groups is 1. The Morgan fingerprint density at radius 1 is 1.10 bits per heavy atom. The Bertz CT molecular complexity index is 1700. The third-order valence-electron chi connectivity index (χ3n) is 8.41. The fourth-order valence-corrected chi connectivity index (χ4v) is 7.19. The third-order valence-corrected chi connectivity index (χ3v) is 9.17. The zero-order valence-corrected chi connectivity index (χ0v) is 22.6. The molecule has 0 radical (unpaired) electrons. The van der Waals surface area contributed by atoms with Crippen LogP contribution in [-0.2, 0) is 9.59 Å². The lowest BCUT2D eigenvalue weighted by molar-refractivity contribution is -0.128. The predicted octanol–water partition coefficient (Wildman–Crippen LogP) is 2.20. The van der Waals surface area contributed by atoms with E-state index >= 15 is 0 Å². The molecule has 2 aromatic carbocycles. The van der Waals surface area contributed by atoms with Crippen LogP contribution in [0.2, 0.25) is 0 Å². The van der Waals surface area contributed by atoms with Gasteiger partial charge in [0.15, 0.2) is 22.4 Å². The number of allylic oxidation sites excluding steroid dienone is 1. The zero-order chi connectivity index (χ0) is 29.3. The van der Waals surface area contributed by atoms with Crippen LogP contribution in [0.5, 0.6) is 5.75 Å². The molecule has 3 aromatic rings. The molecule has 0 saturated carbocycles. The van der Waals surface area contributed by atoms with Crippen molar-refractivity contribution in [2.24, 2.45) is 35.0 Å². The molecule has 3 aliphatic rings. The molecule has 3 aliphatic carbocycles. The van der Waals surface area contributed by atoms with Gasteiger partial charge in [0.1, 0.15) is 11.3 Å². The topological polar surface area (TPSA) is 215 Å². The monoisotopic (exact) mass is 573 g/mol. The summed E-state index contributed by atoms with van der Waals surface area (Å²) in [6.07, 6.45) is -1.36. The number of nitrogens with two attached hydrogens (primary N) is 3. The number of amides is 1. The molecule has 11 nitrogen and oxygen atoms in total. The largest absolute Gasteiger partial charge is 0.510 e. The van der Waals surface area contributed by atoms with Gasteiger partial charge in [-0.15, -0.1) is 11.3 Å². The lowest BCUT2D eigenvalue weighted by Gasteiger charge is -2.49. The van der Waals surface area contributed by atoms with Crippen LogP contribution >= 0.6 is 11.3 Å². The first-order valence-electron chi connectivity index (χ1n) is 12.9. The third kappa shape index (κ3) is 3.86. The SMILES string of the molecule is C[C@H]1c2ccc(Nc3nc(-c4ccccc4)cs3)c(O)c2C(=O)C2=C(N)C3C(=O)C(C(N)=O)=C(O)[C@@H](N)C3[C@@H](O)C21. The van der Waals surface area contributed by atoms with Crippen molar-refractivity contribution in [3.05, 3.63) is 81.6 Å². The molecule has 1 aromatic heterocycles. The van der Waals surface area contributed by atoms with E-state index in [4.69, 9.17) is 17.2 Å². The number of rotatable bonds is 4. The van der Waals surface area contributed by atoms with E-state index < -0.39 is 64.6 Å². The van der Waals surface area contributed by atoms with Crippen LogP contribution in [0.25, 0.3) is 11.3 Å². The van der Waals surface area contributed by atoms with E-state index in [9.17, 15) is 29.7 Å². The Labute approximate surface area is 238 Å². The minimum Gasteiger partial charge on any atom is -0.510 e. The van der Waals surface area contributed by atoms with Gasteiger partial charge in [0, 0.05) is 34.0 Å². The molecule has 0 saturated heterocycles. The second kappa shape index (κ2) is 9.54. The number of phenolic OH excluding ortho intramolecular Hbond substituents is 1. The number of hydrogen-bond acceptors (Lipinski definition) is 11. The number of thiazole rings is 1. The van der Waals surface area contributed by atoms with E-state index in [1.165, 1.54) is 11.3 Å². The number of carbonyl (C=O) groups excluding carboxylic acids is 3. The average Bonchev–Trinajstić information content (AvgIpc) is 3.41. The Kier molecular flexibility index (Phi) is 6.21. The van der Waals surface area contributed by atoms with Crippen LogP contribution in [0, 0.1) is 17.8 Å². The van der Waals surface area contributed by atoms with E-state index in [2.05, 4.69) is 10.3 Å². The van der Waals surface area contributed by atoms with Gasteiger partial charge in [-0.05, 0) is 17.5 Å². The summed E-state index contributed by atoms with van der Waals surface area (Å²) in [6.45, 7) is 1.77. The number of nitrogens with zero attached hydrogens (tertiary/aromatic N) is 1. The fraction of sp³-hybridized carbons (Fsp3) is 0.241. The number of hydrogen-bond donors (Lipinski definition) is 7. The Hall–Kier alpha value is -4.52. The van der Waals surface area contributed by atoms with Gasteiger partial charge < -0.3 is 37.8 Å². The molecule has 1 amide bonds. The Balaban J connectivity index is 1.41. The summed E-state index contributed by atoms with van der Waals surface area (Å²) in [5.41, 5.74) is 19.5. The molecule has 0 spiro atoms. The van der Waals surface area contributed by atoms with Crippen molar-refractivity contribution in [3.63, 3.8) is 0 Å². The number of primary amides is 1. The van der Waals surface area contributed by atoms with Crippen molar-refractivity contribution in [2.75, 3.05) is 5.32 Å². The summed E-state index contributed by atoms with van der Waals surface area (Å²) in [5.74, 6) is -7.61. The number of aliphatic hydroxyl groups excluding tert-OH is 2. The maximum Gasteiger partial charge on any atom is 0.255 e. The molecular formula is C29H27N5O6S. The minimum atomic E-state index is -1.36. The maximum absolute atomic E-state index is 14.0. The summed E-state index contributed by atoms with van der Waals surface area (Å²) in [5, 5.41) is 38.7. The number of ketones is 2. The first-order valence-corrected chi connectivity index (χ1v) is 13.8. The summed E-state index contributed by atoms with van der Waals surface area (Å²) >= 11 is 1.33. The second-order valence-corrected chi connectivity index (χ2v) is 11.4. The number of fused-ring (bicyclic) bond motifs is 3. The van der Waals surface area contributed by atoms with Gasteiger partial charge in [0.25, 0.3) is 5.91 Å². The second-order valence-electron chi connectivity index (χ2n) is 10.5. The standard InChI is InChI=1S/C29H27N5O6S/c1-10-12-7-8-13(33-29-34-14(9-41-29)11-5-3-2-4-6-11)23(35)16(12)25(37)17-15(10)24(36)19-18(21(17)30)26(38)20(28(32)40)27(39)22(19)31/h2-10,15,18-19,22,24,35-36,39H,30-31H2,1H3,(H2,32,40)(H,33,34)/t10-,15?,18?,19?,22-,24-/m0/s1. The summed E-state index contributed by atoms with van der Waals surface area (Å²) in [6, 6.07) is 11.6. The van der Waals surface area contributed by atoms with Crippen molar-refractivity contribution in [1.82, 2.24) is 4.98 Å². The minimum absolute atomic E-state index is 0.0109. The molecule has 0 aliphatic heterocycles. The van der Waals surface area contributed by atoms with E-state index in [-0.39, 0.29) is 28.3 Å². The van der Waals surface area contributed by atoms with E-state index in [1.54, 1.807) is 19.1 Å². The van der Waals surface area contributed by atoms with Crippen LogP contribution in [-0.4, -0.2) is 49.9 Å². The average molecular weight is 574 g/mol. The molecular weight excluding hydrogens is 546 g/mol. The Morgan fingerprint density at radius 3 is 2.49 bits per heavy atom. The zero-order valence-electron chi connectivity index (χ0n) is 21.7. The number of carbonyl (C=O) groups is 3. The molecule has 210 valence electrons. The van der Waals surface area contributed by atoms with Crippen LogP contribution in [0.3, 0.4) is 0 Å². The van der Waals surface area contributed by atoms with Crippen molar-refractivity contribution in [2.45, 2.75) is 25.0 Å². The van der Waals surface area contributed by atoms with Crippen molar-refractivity contribution >= 4 is 39.6 Å². The number of aromatic nitrogens is 1. The van der Waals surface area contributed by atoms with Gasteiger partial charge in [0.2, 0.25) is 0 Å².